The predicted molar refractivity (Wildman–Crippen MR) is 82.5 cm³/mol. The molecule has 1 aromatic heterocycles. The van der Waals surface area contributed by atoms with Crippen LogP contribution in [0.15, 0.2) is 29.4 Å². The van der Waals surface area contributed by atoms with Crippen LogP contribution in [0.2, 0.25) is 0 Å². The number of nitrogens with two attached hydrogens (primary N) is 1. The Kier molecular flexibility index (Phi) is 4.47. The lowest BCUT2D eigenvalue weighted by atomic mass is 10.2. The SMILES string of the molecule is CNc1nc(N)nc(Nc2ccc(C(=O)OC)cc2)c1N=O. The van der Waals surface area contributed by atoms with Crippen molar-refractivity contribution >= 4 is 34.9 Å². The van der Waals surface area contributed by atoms with Crippen LogP contribution in [0.3, 0.4) is 0 Å². The molecule has 4 N–H and O–H groups in total. The van der Waals surface area contributed by atoms with E-state index < -0.39 is 5.97 Å². The molecule has 0 spiro atoms. The molecule has 2 aromatic rings. The average Bonchev–Trinajstić information content (AvgIpc) is 2.54. The van der Waals surface area contributed by atoms with E-state index in [0.29, 0.717) is 11.3 Å². The van der Waals surface area contributed by atoms with Crippen LogP contribution < -0.4 is 16.4 Å². The highest BCUT2D eigenvalue weighted by Gasteiger charge is 2.14. The summed E-state index contributed by atoms with van der Waals surface area (Å²) in [5.41, 5.74) is 6.59. The Balaban J connectivity index is 2.32. The average molecular weight is 302 g/mol. The Hall–Kier alpha value is -3.23. The molecule has 0 radical (unpaired) electrons. The maximum atomic E-state index is 11.4. The van der Waals surface area contributed by atoms with Crippen molar-refractivity contribution in [3.63, 3.8) is 0 Å². The molecule has 114 valence electrons. The van der Waals surface area contributed by atoms with E-state index in [9.17, 15) is 9.70 Å². The van der Waals surface area contributed by atoms with Crippen LogP contribution in [0, 0.1) is 4.91 Å². The zero-order valence-electron chi connectivity index (χ0n) is 12.0. The van der Waals surface area contributed by atoms with Crippen molar-refractivity contribution in [1.29, 1.82) is 0 Å². The summed E-state index contributed by atoms with van der Waals surface area (Å²) in [4.78, 5) is 30.2. The molecule has 0 fully saturated rings. The number of ether oxygens (including phenoxy) is 1. The van der Waals surface area contributed by atoms with Crippen LogP contribution in [0.25, 0.3) is 0 Å². The Labute approximate surface area is 125 Å². The van der Waals surface area contributed by atoms with Crippen molar-refractivity contribution < 1.29 is 9.53 Å². The van der Waals surface area contributed by atoms with E-state index in [1.807, 2.05) is 0 Å². The van der Waals surface area contributed by atoms with Crippen molar-refractivity contribution in [2.75, 3.05) is 30.5 Å². The highest BCUT2D eigenvalue weighted by atomic mass is 16.5. The number of nitroso groups, excluding NO2 is 1. The fourth-order valence-electron chi connectivity index (χ4n) is 1.76. The van der Waals surface area contributed by atoms with Crippen LogP contribution in [-0.2, 0) is 4.74 Å². The second-order valence-electron chi connectivity index (χ2n) is 4.16. The van der Waals surface area contributed by atoms with E-state index in [-0.39, 0.29) is 23.3 Å². The Morgan fingerprint density at radius 2 is 1.86 bits per heavy atom. The summed E-state index contributed by atoms with van der Waals surface area (Å²) in [6, 6.07) is 6.42. The van der Waals surface area contributed by atoms with Gasteiger partial charge in [0.05, 0.1) is 12.7 Å². The molecule has 0 unspecified atom stereocenters. The number of methoxy groups -OCH3 is 1. The Morgan fingerprint density at radius 1 is 1.23 bits per heavy atom. The second-order valence-corrected chi connectivity index (χ2v) is 4.16. The Morgan fingerprint density at radius 3 is 2.41 bits per heavy atom. The molecular formula is C13H14N6O3. The third kappa shape index (κ3) is 3.08. The molecule has 0 saturated heterocycles. The number of aromatic nitrogens is 2. The van der Waals surface area contributed by atoms with Gasteiger partial charge in [0.25, 0.3) is 0 Å². The molecule has 9 nitrogen and oxygen atoms in total. The van der Waals surface area contributed by atoms with Gasteiger partial charge in [-0.1, -0.05) is 0 Å². The van der Waals surface area contributed by atoms with E-state index in [1.165, 1.54) is 7.11 Å². The van der Waals surface area contributed by atoms with E-state index in [2.05, 4.69) is 30.5 Å². The number of nitrogens with one attached hydrogen (secondary N) is 2. The lowest BCUT2D eigenvalue weighted by Crippen LogP contribution is -2.05. The molecule has 9 heteroatoms. The van der Waals surface area contributed by atoms with E-state index in [4.69, 9.17) is 5.73 Å². The van der Waals surface area contributed by atoms with Gasteiger partial charge in [-0.15, -0.1) is 4.91 Å². The molecule has 0 bridgehead atoms. The monoisotopic (exact) mass is 302 g/mol. The van der Waals surface area contributed by atoms with Gasteiger partial charge < -0.3 is 21.1 Å². The van der Waals surface area contributed by atoms with Crippen LogP contribution in [0.4, 0.5) is 29.0 Å². The number of rotatable bonds is 5. The number of nitrogen functional groups attached to an aromatic ring is 1. The summed E-state index contributed by atoms with van der Waals surface area (Å²) in [7, 11) is 2.89. The second kappa shape index (κ2) is 6.48. The molecular weight excluding hydrogens is 288 g/mol. The van der Waals surface area contributed by atoms with Gasteiger partial charge in [0, 0.05) is 12.7 Å². The van der Waals surface area contributed by atoms with Gasteiger partial charge in [0.2, 0.25) is 5.95 Å². The van der Waals surface area contributed by atoms with Crippen molar-refractivity contribution in [2.45, 2.75) is 0 Å². The van der Waals surface area contributed by atoms with Gasteiger partial charge in [-0.2, -0.15) is 9.97 Å². The van der Waals surface area contributed by atoms with Crippen LogP contribution >= 0.6 is 0 Å². The molecule has 1 aromatic carbocycles. The molecule has 0 aliphatic heterocycles. The summed E-state index contributed by atoms with van der Waals surface area (Å²) in [6.07, 6.45) is 0. The van der Waals surface area contributed by atoms with E-state index in [0.717, 1.165) is 0 Å². The summed E-state index contributed by atoms with van der Waals surface area (Å²) >= 11 is 0. The topological polar surface area (TPSA) is 132 Å². The number of hydrogen-bond donors (Lipinski definition) is 3. The van der Waals surface area contributed by atoms with Crippen LogP contribution in [0.1, 0.15) is 10.4 Å². The zero-order valence-corrected chi connectivity index (χ0v) is 12.0. The maximum absolute atomic E-state index is 11.4. The Bertz CT molecular complexity index is 702. The van der Waals surface area contributed by atoms with Gasteiger partial charge in [-0.05, 0) is 29.4 Å². The number of benzene rings is 1. The van der Waals surface area contributed by atoms with Crippen molar-refractivity contribution in [1.82, 2.24) is 9.97 Å². The largest absolute Gasteiger partial charge is 0.465 e. The summed E-state index contributed by atoms with van der Waals surface area (Å²) in [5.74, 6) is -0.0650. The summed E-state index contributed by atoms with van der Waals surface area (Å²) in [6.45, 7) is 0. The van der Waals surface area contributed by atoms with Gasteiger partial charge in [0.1, 0.15) is 0 Å². The van der Waals surface area contributed by atoms with E-state index in [1.54, 1.807) is 31.3 Å². The number of esters is 1. The van der Waals surface area contributed by atoms with Crippen molar-refractivity contribution in [3.8, 4) is 0 Å². The van der Waals surface area contributed by atoms with Gasteiger partial charge >= 0.3 is 5.97 Å². The zero-order chi connectivity index (χ0) is 16.1. The molecule has 1 heterocycles. The first-order valence-corrected chi connectivity index (χ1v) is 6.23. The third-order valence-electron chi connectivity index (χ3n) is 2.80. The first kappa shape index (κ1) is 15.2. The van der Waals surface area contributed by atoms with Crippen LogP contribution in [-0.4, -0.2) is 30.1 Å². The minimum atomic E-state index is -0.439. The third-order valence-corrected chi connectivity index (χ3v) is 2.80. The number of hydrogen-bond acceptors (Lipinski definition) is 9. The minimum absolute atomic E-state index is 0.00810. The quantitative estimate of drug-likeness (QED) is 0.564. The first-order valence-electron chi connectivity index (χ1n) is 6.23. The highest BCUT2D eigenvalue weighted by Crippen LogP contribution is 2.32. The fourth-order valence-corrected chi connectivity index (χ4v) is 1.76. The lowest BCUT2D eigenvalue weighted by Gasteiger charge is -2.10. The number of anilines is 4. The maximum Gasteiger partial charge on any atom is 0.337 e. The number of carbonyl (C=O) groups excluding carboxylic acids is 1. The van der Waals surface area contributed by atoms with Crippen molar-refractivity contribution in [3.05, 3.63) is 34.7 Å². The molecule has 0 saturated carbocycles. The van der Waals surface area contributed by atoms with Gasteiger partial charge in [-0.25, -0.2) is 4.79 Å². The van der Waals surface area contributed by atoms with Gasteiger partial charge in [0.15, 0.2) is 17.3 Å². The van der Waals surface area contributed by atoms with E-state index >= 15 is 0 Å². The molecule has 0 aliphatic rings. The number of nitrogens with zero attached hydrogens (tertiary/aromatic N) is 3. The lowest BCUT2D eigenvalue weighted by molar-refractivity contribution is 0.0601. The molecule has 0 aliphatic carbocycles. The normalized spacial score (nSPS) is 9.91. The predicted octanol–water partition coefficient (Wildman–Crippen LogP) is 2.03. The highest BCUT2D eigenvalue weighted by molar-refractivity contribution is 5.90. The first-order chi connectivity index (χ1) is 10.6. The minimum Gasteiger partial charge on any atom is -0.465 e. The molecule has 0 amide bonds. The number of carbonyl (C=O) groups is 1. The van der Waals surface area contributed by atoms with Gasteiger partial charge in [-0.3, -0.25) is 0 Å². The fraction of sp³-hybridized carbons (Fsp3) is 0.154. The standard InChI is InChI=1S/C13H14N6O3/c1-15-10-9(19-21)11(18-13(14)17-10)16-8-5-3-7(4-6-8)12(20)22-2/h3-6H,1-2H3,(H4,14,15,16,17,18). The summed E-state index contributed by atoms with van der Waals surface area (Å²) < 4.78 is 4.62. The molecule has 22 heavy (non-hydrogen) atoms. The molecule has 2 rings (SSSR count). The van der Waals surface area contributed by atoms with Crippen LogP contribution in [0.5, 0.6) is 0 Å². The van der Waals surface area contributed by atoms with Crippen molar-refractivity contribution in [2.24, 2.45) is 5.18 Å². The molecule has 0 atom stereocenters. The smallest absolute Gasteiger partial charge is 0.337 e. The summed E-state index contributed by atoms with van der Waals surface area (Å²) in [5, 5.41) is 8.53.